The molecule has 0 spiro atoms. The minimum atomic E-state index is -0.190. The molecular weight excluding hydrogens is 400 g/mol. The smallest absolute Gasteiger partial charge is 0.251 e. The maximum Gasteiger partial charge on any atom is 0.251 e. The number of nitrogens with zero attached hydrogens (tertiary/aromatic N) is 4. The van der Waals surface area contributed by atoms with Crippen molar-refractivity contribution in [3.63, 3.8) is 0 Å². The van der Waals surface area contributed by atoms with E-state index in [9.17, 15) is 4.79 Å². The van der Waals surface area contributed by atoms with Crippen molar-refractivity contribution in [3.05, 3.63) is 106 Å². The van der Waals surface area contributed by atoms with E-state index in [4.69, 9.17) is 4.98 Å². The Kier molecular flexibility index (Phi) is 6.67. The van der Waals surface area contributed by atoms with Crippen molar-refractivity contribution in [3.8, 4) is 11.5 Å². The van der Waals surface area contributed by atoms with Gasteiger partial charge in [-0.1, -0.05) is 42.5 Å². The van der Waals surface area contributed by atoms with Crippen molar-refractivity contribution >= 4 is 5.82 Å². The molecule has 7 nitrogen and oxygen atoms in total. The van der Waals surface area contributed by atoms with Crippen LogP contribution in [0.3, 0.4) is 0 Å². The molecular formula is C25H26N6O. The lowest BCUT2D eigenvalue weighted by atomic mass is 10.0. The van der Waals surface area contributed by atoms with Crippen LogP contribution in [0.2, 0.25) is 0 Å². The summed E-state index contributed by atoms with van der Waals surface area (Å²) >= 11 is 0. The second kappa shape index (κ2) is 9.98. The van der Waals surface area contributed by atoms with Crippen molar-refractivity contribution in [1.82, 2.24) is 25.3 Å². The fraction of sp³-hybridized carbons (Fsp3) is 0.200. The topological polar surface area (TPSA) is 86.8 Å². The normalized spacial score (nSPS) is 11.8. The molecule has 7 heteroatoms. The van der Waals surface area contributed by atoms with Gasteiger partial charge in [-0.25, -0.2) is 9.97 Å². The van der Waals surface area contributed by atoms with Crippen LogP contribution in [0, 0.1) is 0 Å². The predicted molar refractivity (Wildman–Crippen MR) is 126 cm³/mol. The number of nitrogens with one attached hydrogen (secondary N) is 2. The van der Waals surface area contributed by atoms with Crippen LogP contribution in [-0.4, -0.2) is 34.0 Å². The van der Waals surface area contributed by atoms with Gasteiger partial charge in [0.05, 0.1) is 5.69 Å². The number of anilines is 1. The quantitative estimate of drug-likeness (QED) is 0.449. The van der Waals surface area contributed by atoms with Gasteiger partial charge in [-0.15, -0.1) is 0 Å². The largest absolute Gasteiger partial charge is 0.362 e. The van der Waals surface area contributed by atoms with Crippen LogP contribution in [0.1, 0.15) is 22.9 Å². The van der Waals surface area contributed by atoms with Crippen LogP contribution in [0.4, 0.5) is 5.82 Å². The van der Waals surface area contributed by atoms with Crippen molar-refractivity contribution in [2.45, 2.75) is 19.0 Å². The molecule has 0 amide bonds. The second-order valence-electron chi connectivity index (χ2n) is 7.73. The third kappa shape index (κ3) is 5.25. The van der Waals surface area contributed by atoms with Gasteiger partial charge in [0, 0.05) is 57.1 Å². The van der Waals surface area contributed by atoms with Crippen molar-refractivity contribution in [2.75, 3.05) is 19.0 Å². The molecule has 32 heavy (non-hydrogen) atoms. The third-order valence-electron chi connectivity index (χ3n) is 5.15. The summed E-state index contributed by atoms with van der Waals surface area (Å²) in [5.74, 6) is 1.40. The van der Waals surface area contributed by atoms with Crippen LogP contribution >= 0.6 is 0 Å². The van der Waals surface area contributed by atoms with E-state index >= 15 is 0 Å². The number of pyridine rings is 2. The van der Waals surface area contributed by atoms with E-state index in [-0.39, 0.29) is 11.6 Å². The van der Waals surface area contributed by atoms with E-state index in [2.05, 4.69) is 38.5 Å². The van der Waals surface area contributed by atoms with Crippen molar-refractivity contribution < 1.29 is 0 Å². The molecule has 0 fully saturated rings. The van der Waals surface area contributed by atoms with Gasteiger partial charge in [0.2, 0.25) is 0 Å². The zero-order chi connectivity index (χ0) is 22.3. The maximum atomic E-state index is 12.3. The summed E-state index contributed by atoms with van der Waals surface area (Å²) in [4.78, 5) is 30.6. The monoisotopic (exact) mass is 426 g/mol. The molecule has 1 atom stereocenters. The minimum Gasteiger partial charge on any atom is -0.362 e. The first-order valence-corrected chi connectivity index (χ1v) is 10.5. The molecule has 0 aliphatic carbocycles. The number of rotatable bonds is 8. The Balaban J connectivity index is 1.61. The summed E-state index contributed by atoms with van der Waals surface area (Å²) in [6, 6.07) is 21.3. The molecule has 3 aromatic heterocycles. The summed E-state index contributed by atoms with van der Waals surface area (Å²) in [7, 11) is 3.97. The zero-order valence-electron chi connectivity index (χ0n) is 18.2. The Bertz CT molecular complexity index is 1210. The number of aromatic nitrogens is 4. The number of hydrogen-bond donors (Lipinski definition) is 2. The van der Waals surface area contributed by atoms with Crippen LogP contribution in [0.5, 0.6) is 0 Å². The summed E-state index contributed by atoms with van der Waals surface area (Å²) in [5.41, 5.74) is 3.39. The van der Waals surface area contributed by atoms with E-state index in [1.54, 1.807) is 18.5 Å². The van der Waals surface area contributed by atoms with Gasteiger partial charge < -0.3 is 15.2 Å². The van der Waals surface area contributed by atoms with Gasteiger partial charge in [-0.05, 0) is 23.8 Å². The van der Waals surface area contributed by atoms with Gasteiger partial charge in [0.1, 0.15) is 11.5 Å². The van der Waals surface area contributed by atoms with Gasteiger partial charge in [0.15, 0.2) is 5.82 Å². The molecule has 0 saturated carbocycles. The highest BCUT2D eigenvalue weighted by molar-refractivity contribution is 5.48. The number of benzene rings is 1. The Labute approximate surface area is 187 Å². The first-order valence-electron chi connectivity index (χ1n) is 10.5. The number of hydrogen-bond acceptors (Lipinski definition) is 6. The van der Waals surface area contributed by atoms with Crippen molar-refractivity contribution in [2.24, 2.45) is 0 Å². The Morgan fingerprint density at radius 1 is 0.969 bits per heavy atom. The molecule has 0 saturated heterocycles. The van der Waals surface area contributed by atoms with Crippen LogP contribution in [0.15, 0.2) is 83.9 Å². The Morgan fingerprint density at radius 3 is 2.50 bits per heavy atom. The molecule has 1 aromatic carbocycles. The first kappa shape index (κ1) is 21.4. The fourth-order valence-electron chi connectivity index (χ4n) is 3.64. The third-order valence-corrected chi connectivity index (χ3v) is 5.15. The summed E-state index contributed by atoms with van der Waals surface area (Å²) in [6.07, 6.45) is 4.05. The van der Waals surface area contributed by atoms with E-state index in [0.717, 1.165) is 16.9 Å². The van der Waals surface area contributed by atoms with Crippen LogP contribution in [0.25, 0.3) is 11.5 Å². The van der Waals surface area contributed by atoms with Gasteiger partial charge in [0.25, 0.3) is 5.56 Å². The zero-order valence-corrected chi connectivity index (χ0v) is 18.2. The van der Waals surface area contributed by atoms with Gasteiger partial charge in [-0.3, -0.25) is 9.78 Å². The highest BCUT2D eigenvalue weighted by atomic mass is 16.1. The number of aromatic amines is 1. The maximum absolute atomic E-state index is 12.3. The van der Waals surface area contributed by atoms with Gasteiger partial charge in [-0.2, -0.15) is 0 Å². The van der Waals surface area contributed by atoms with Crippen molar-refractivity contribution in [1.29, 1.82) is 0 Å². The average Bonchev–Trinajstić information content (AvgIpc) is 2.82. The molecule has 2 N–H and O–H groups in total. The molecule has 4 aromatic rings. The van der Waals surface area contributed by atoms with E-state index in [1.165, 1.54) is 0 Å². The molecule has 0 radical (unpaired) electrons. The lowest BCUT2D eigenvalue weighted by Crippen LogP contribution is -2.25. The van der Waals surface area contributed by atoms with Crippen LogP contribution in [-0.2, 0) is 13.0 Å². The van der Waals surface area contributed by atoms with E-state index in [0.29, 0.717) is 30.2 Å². The molecule has 3 heterocycles. The van der Waals surface area contributed by atoms with Crippen LogP contribution < -0.4 is 15.8 Å². The SMILES string of the molecule is CN(C)c1ncccc1CNC(Cc1cc(=O)[nH]c(-c2ccccn2)n1)c1ccccc1. The average molecular weight is 427 g/mol. The fourth-order valence-corrected chi connectivity index (χ4v) is 3.64. The summed E-state index contributed by atoms with van der Waals surface area (Å²) in [5, 5.41) is 3.64. The van der Waals surface area contributed by atoms with E-state index < -0.39 is 0 Å². The number of H-pyrrole nitrogens is 1. The Hall–Kier alpha value is -3.84. The summed E-state index contributed by atoms with van der Waals surface area (Å²) < 4.78 is 0. The second-order valence-corrected chi connectivity index (χ2v) is 7.73. The van der Waals surface area contributed by atoms with Gasteiger partial charge >= 0.3 is 0 Å². The molecule has 1 unspecified atom stereocenters. The first-order chi connectivity index (χ1) is 15.6. The summed E-state index contributed by atoms with van der Waals surface area (Å²) in [6.45, 7) is 0.636. The Morgan fingerprint density at radius 2 is 1.75 bits per heavy atom. The van der Waals surface area contributed by atoms with E-state index in [1.807, 2.05) is 61.5 Å². The lowest BCUT2D eigenvalue weighted by molar-refractivity contribution is 0.524. The molecule has 0 aliphatic rings. The predicted octanol–water partition coefficient (Wildman–Crippen LogP) is 3.37. The highest BCUT2D eigenvalue weighted by Crippen LogP contribution is 2.21. The lowest BCUT2D eigenvalue weighted by Gasteiger charge is -2.21. The molecule has 0 bridgehead atoms. The molecule has 162 valence electrons. The molecule has 0 aliphatic heterocycles. The highest BCUT2D eigenvalue weighted by Gasteiger charge is 2.16. The minimum absolute atomic E-state index is 0.0303. The molecule has 4 rings (SSSR count). The standard InChI is InChI=1S/C25H26N6O/c1-31(2)25-19(11-8-14-27-25)17-28-22(18-9-4-3-5-10-18)15-20-16-23(32)30-24(29-20)21-12-6-7-13-26-21/h3-14,16,22,28H,15,17H2,1-2H3,(H,29,30,32).